The minimum absolute atomic E-state index is 0.0466. The molecule has 0 saturated carbocycles. The average molecular weight is 365 g/mol. The number of carbonyl (C=O) groups is 2. The van der Waals surface area contributed by atoms with Crippen molar-refractivity contribution in [3.63, 3.8) is 0 Å². The summed E-state index contributed by atoms with van der Waals surface area (Å²) in [6.07, 6.45) is 0. The van der Waals surface area contributed by atoms with Gasteiger partial charge >= 0.3 is 5.97 Å². The maximum Gasteiger partial charge on any atom is 0.319 e. The molecule has 132 valence electrons. The van der Waals surface area contributed by atoms with Gasteiger partial charge in [-0.25, -0.2) is 8.78 Å². The van der Waals surface area contributed by atoms with E-state index < -0.39 is 28.8 Å². The fraction of sp³-hybridized carbons (Fsp3) is 0.222. The molecule has 0 heterocycles. The van der Waals surface area contributed by atoms with Crippen molar-refractivity contribution in [1.82, 2.24) is 0 Å². The summed E-state index contributed by atoms with van der Waals surface area (Å²) in [4.78, 5) is 23.8. The Bertz CT molecular complexity index is 768. The van der Waals surface area contributed by atoms with Gasteiger partial charge in [-0.15, -0.1) is 11.8 Å². The van der Waals surface area contributed by atoms with Crippen molar-refractivity contribution < 1.29 is 23.1 Å². The molecule has 0 saturated heterocycles. The van der Waals surface area contributed by atoms with Crippen LogP contribution in [-0.4, -0.2) is 23.7 Å². The highest BCUT2D eigenvalue weighted by Crippen LogP contribution is 2.31. The number of esters is 1. The van der Waals surface area contributed by atoms with Gasteiger partial charge in [0.15, 0.2) is 0 Å². The lowest BCUT2D eigenvalue weighted by Gasteiger charge is -2.13. The van der Waals surface area contributed by atoms with Crippen molar-refractivity contribution in [3.05, 3.63) is 59.7 Å². The molecule has 0 aromatic heterocycles. The van der Waals surface area contributed by atoms with E-state index in [2.05, 4.69) is 5.32 Å². The first-order chi connectivity index (χ1) is 11.9. The summed E-state index contributed by atoms with van der Waals surface area (Å²) < 4.78 is 32.8. The van der Waals surface area contributed by atoms with E-state index in [1.165, 1.54) is 6.07 Å². The fourth-order valence-corrected chi connectivity index (χ4v) is 2.90. The van der Waals surface area contributed by atoms with E-state index in [9.17, 15) is 18.4 Å². The number of carbonyl (C=O) groups excluding carboxylic acids is 2. The van der Waals surface area contributed by atoms with Gasteiger partial charge in [-0.3, -0.25) is 9.59 Å². The maximum absolute atomic E-state index is 14.0. The number of nitrogens with one attached hydrogen (secondary N) is 1. The molecule has 1 unspecified atom stereocenters. The van der Waals surface area contributed by atoms with Crippen LogP contribution in [0.25, 0.3) is 0 Å². The first kappa shape index (κ1) is 18.9. The highest BCUT2D eigenvalue weighted by Gasteiger charge is 2.20. The molecule has 7 heteroatoms. The van der Waals surface area contributed by atoms with Crippen LogP contribution in [0.2, 0.25) is 0 Å². The van der Waals surface area contributed by atoms with Crippen LogP contribution in [0.15, 0.2) is 47.4 Å². The van der Waals surface area contributed by atoms with Crippen LogP contribution in [0.4, 0.5) is 14.5 Å². The lowest BCUT2D eigenvalue weighted by molar-refractivity contribution is -0.142. The number of halogens is 2. The molecule has 0 radical (unpaired) electrons. The Kier molecular flexibility index (Phi) is 6.52. The molecule has 1 amide bonds. The number of thioether (sulfide) groups is 1. The Labute approximate surface area is 148 Å². The molecule has 0 aliphatic rings. The zero-order chi connectivity index (χ0) is 18.4. The highest BCUT2D eigenvalue weighted by atomic mass is 32.2. The van der Waals surface area contributed by atoms with Crippen molar-refractivity contribution in [2.75, 3.05) is 11.9 Å². The molecule has 0 bridgehead atoms. The van der Waals surface area contributed by atoms with Crippen LogP contribution in [0, 0.1) is 11.6 Å². The molecule has 1 atom stereocenters. The zero-order valence-corrected chi connectivity index (χ0v) is 14.5. The third-order valence-electron chi connectivity index (χ3n) is 3.23. The first-order valence-corrected chi connectivity index (χ1v) is 8.49. The second-order valence-corrected chi connectivity index (χ2v) is 6.48. The number of rotatable bonds is 6. The quantitative estimate of drug-likeness (QED) is 0.614. The van der Waals surface area contributed by atoms with E-state index in [1.54, 1.807) is 44.2 Å². The molecule has 2 aromatic rings. The van der Waals surface area contributed by atoms with Gasteiger partial charge in [0.25, 0.3) is 5.91 Å². The van der Waals surface area contributed by atoms with Crippen molar-refractivity contribution in [2.45, 2.75) is 24.0 Å². The second-order valence-electron chi connectivity index (χ2n) is 5.09. The summed E-state index contributed by atoms with van der Waals surface area (Å²) in [5.41, 5.74) is 0.189. The summed E-state index contributed by atoms with van der Waals surface area (Å²) in [7, 11) is 0. The molecular formula is C18H17F2NO3S. The predicted octanol–water partition coefficient (Wildman–Crippen LogP) is 4.26. The Morgan fingerprint density at radius 2 is 1.84 bits per heavy atom. The van der Waals surface area contributed by atoms with Crippen molar-refractivity contribution in [1.29, 1.82) is 0 Å². The van der Waals surface area contributed by atoms with Crippen molar-refractivity contribution >= 4 is 29.3 Å². The van der Waals surface area contributed by atoms with Gasteiger partial charge in [0.1, 0.15) is 16.9 Å². The van der Waals surface area contributed by atoms with Gasteiger partial charge in [-0.2, -0.15) is 0 Å². The third-order valence-corrected chi connectivity index (χ3v) is 4.34. The number of benzene rings is 2. The number of hydrogen-bond acceptors (Lipinski definition) is 4. The van der Waals surface area contributed by atoms with Crippen LogP contribution in [0.5, 0.6) is 0 Å². The Balaban J connectivity index is 2.19. The molecule has 25 heavy (non-hydrogen) atoms. The number of amides is 1. The third kappa shape index (κ3) is 5.03. The second kappa shape index (κ2) is 8.62. The zero-order valence-electron chi connectivity index (χ0n) is 13.7. The fourth-order valence-electron chi connectivity index (χ4n) is 2.00. The first-order valence-electron chi connectivity index (χ1n) is 7.61. The van der Waals surface area contributed by atoms with Gasteiger partial charge in [-0.05, 0) is 32.0 Å². The van der Waals surface area contributed by atoms with Gasteiger partial charge in [0.2, 0.25) is 0 Å². The van der Waals surface area contributed by atoms with E-state index >= 15 is 0 Å². The predicted molar refractivity (Wildman–Crippen MR) is 92.7 cm³/mol. The largest absolute Gasteiger partial charge is 0.465 e. The summed E-state index contributed by atoms with van der Waals surface area (Å²) in [6, 6.07) is 10.1. The summed E-state index contributed by atoms with van der Waals surface area (Å²) in [5, 5.41) is 1.74. The molecule has 0 spiro atoms. The standard InChI is InChI=1S/C18H17F2NO3S/c1-3-24-18(23)11(2)25-16-10-15(13(19)9-14(16)20)21-17(22)12-7-5-4-6-8-12/h4-11H,3H2,1-2H3,(H,21,22). The van der Waals surface area contributed by atoms with E-state index in [-0.39, 0.29) is 17.2 Å². The molecule has 1 N–H and O–H groups in total. The van der Waals surface area contributed by atoms with Crippen molar-refractivity contribution in [3.8, 4) is 0 Å². The number of ether oxygens (including phenoxy) is 1. The molecular weight excluding hydrogens is 348 g/mol. The molecule has 2 aromatic carbocycles. The van der Waals surface area contributed by atoms with E-state index in [0.29, 0.717) is 11.6 Å². The SMILES string of the molecule is CCOC(=O)C(C)Sc1cc(NC(=O)c2ccccc2)c(F)cc1F. The van der Waals surface area contributed by atoms with Crippen LogP contribution < -0.4 is 5.32 Å². The monoisotopic (exact) mass is 365 g/mol. The van der Waals surface area contributed by atoms with E-state index in [0.717, 1.165) is 11.8 Å². The van der Waals surface area contributed by atoms with Crippen LogP contribution in [0.1, 0.15) is 24.2 Å². The van der Waals surface area contributed by atoms with Gasteiger partial charge in [0, 0.05) is 16.5 Å². The maximum atomic E-state index is 14.0. The average Bonchev–Trinajstić information content (AvgIpc) is 2.59. The summed E-state index contributed by atoms with van der Waals surface area (Å²) in [5.74, 6) is -2.71. The van der Waals surface area contributed by atoms with Crippen LogP contribution >= 0.6 is 11.8 Å². The lowest BCUT2D eigenvalue weighted by atomic mass is 10.2. The Morgan fingerprint density at radius 1 is 1.16 bits per heavy atom. The molecule has 0 fully saturated rings. The van der Waals surface area contributed by atoms with Gasteiger partial charge < -0.3 is 10.1 Å². The Morgan fingerprint density at radius 3 is 2.48 bits per heavy atom. The minimum Gasteiger partial charge on any atom is -0.465 e. The van der Waals surface area contributed by atoms with Gasteiger partial charge in [-0.1, -0.05) is 18.2 Å². The molecule has 4 nitrogen and oxygen atoms in total. The smallest absolute Gasteiger partial charge is 0.319 e. The summed E-state index contributed by atoms with van der Waals surface area (Å²) >= 11 is 0.897. The van der Waals surface area contributed by atoms with Crippen LogP contribution in [-0.2, 0) is 9.53 Å². The van der Waals surface area contributed by atoms with E-state index in [4.69, 9.17) is 4.74 Å². The number of hydrogen-bond donors (Lipinski definition) is 1. The normalized spacial score (nSPS) is 11.7. The van der Waals surface area contributed by atoms with E-state index in [1.807, 2.05) is 0 Å². The molecule has 2 rings (SSSR count). The summed E-state index contributed by atoms with van der Waals surface area (Å²) in [6.45, 7) is 3.45. The minimum atomic E-state index is -0.894. The van der Waals surface area contributed by atoms with Crippen LogP contribution in [0.3, 0.4) is 0 Å². The van der Waals surface area contributed by atoms with Crippen molar-refractivity contribution in [2.24, 2.45) is 0 Å². The number of anilines is 1. The highest BCUT2D eigenvalue weighted by molar-refractivity contribution is 8.00. The Hall–Kier alpha value is -2.41. The molecule has 0 aliphatic heterocycles. The van der Waals surface area contributed by atoms with Gasteiger partial charge in [0.05, 0.1) is 12.3 Å². The molecule has 0 aliphatic carbocycles. The topological polar surface area (TPSA) is 55.4 Å². The lowest BCUT2D eigenvalue weighted by Crippen LogP contribution is -2.17.